The first-order valence-electron chi connectivity index (χ1n) is 7.29. The second kappa shape index (κ2) is 7.77. The fraction of sp³-hybridized carbons (Fsp3) is 0.375. The molecule has 1 aliphatic carbocycles. The fourth-order valence-electron chi connectivity index (χ4n) is 2.33. The minimum Gasteiger partial charge on any atom is -0.497 e. The van der Waals surface area contributed by atoms with Crippen molar-refractivity contribution in [3.8, 4) is 5.75 Å². The van der Waals surface area contributed by atoms with Crippen molar-refractivity contribution in [2.24, 2.45) is 5.73 Å². The van der Waals surface area contributed by atoms with Crippen LogP contribution in [0.25, 0.3) is 0 Å². The third kappa shape index (κ3) is 4.22. The summed E-state index contributed by atoms with van der Waals surface area (Å²) < 4.78 is 5.16. The monoisotopic (exact) mass is 353 g/mol. The van der Waals surface area contributed by atoms with Gasteiger partial charge < -0.3 is 15.4 Å². The molecule has 0 unspecified atom stereocenters. The largest absolute Gasteiger partial charge is 0.497 e. The molecule has 2 N–H and O–H groups in total. The Balaban J connectivity index is 0.00000192. The molecule has 1 heterocycles. The van der Waals surface area contributed by atoms with Crippen LogP contribution in [0.5, 0.6) is 5.75 Å². The Morgan fingerprint density at radius 3 is 2.61 bits per heavy atom. The van der Waals surface area contributed by atoms with Gasteiger partial charge in [0.1, 0.15) is 16.5 Å². The number of rotatable bonds is 6. The molecule has 5 nitrogen and oxygen atoms in total. The standard InChI is InChI=1S/C16H19N3O2S.ClH/c1-21-13-6-2-11(3-7-13)9-19(12-4-5-12)16(20)14-10-22-15(8-17)18-14;/h2-3,6-7,10,12H,4-5,8-9,17H2,1H3;1H. The Kier molecular flexibility index (Phi) is 5.98. The molecule has 0 aliphatic heterocycles. The summed E-state index contributed by atoms with van der Waals surface area (Å²) in [7, 11) is 1.65. The van der Waals surface area contributed by atoms with Gasteiger partial charge in [0.2, 0.25) is 0 Å². The predicted octanol–water partition coefficient (Wildman–Crippen LogP) is 2.84. The highest BCUT2D eigenvalue weighted by atomic mass is 35.5. The van der Waals surface area contributed by atoms with Gasteiger partial charge in [0.15, 0.2) is 0 Å². The molecule has 0 bridgehead atoms. The van der Waals surface area contributed by atoms with Crippen LogP contribution in [0.3, 0.4) is 0 Å². The quantitative estimate of drug-likeness (QED) is 0.867. The zero-order valence-corrected chi connectivity index (χ0v) is 14.5. The first-order valence-corrected chi connectivity index (χ1v) is 8.17. The van der Waals surface area contributed by atoms with E-state index in [-0.39, 0.29) is 18.3 Å². The minimum atomic E-state index is -0.00531. The Morgan fingerprint density at radius 1 is 1.39 bits per heavy atom. The van der Waals surface area contributed by atoms with E-state index < -0.39 is 0 Å². The lowest BCUT2D eigenvalue weighted by Gasteiger charge is -2.21. The van der Waals surface area contributed by atoms with E-state index in [1.165, 1.54) is 11.3 Å². The number of benzene rings is 1. The number of halogens is 1. The summed E-state index contributed by atoms with van der Waals surface area (Å²) in [6, 6.07) is 8.15. The van der Waals surface area contributed by atoms with Gasteiger partial charge in [0, 0.05) is 24.5 Å². The number of amides is 1. The smallest absolute Gasteiger partial charge is 0.273 e. The average Bonchev–Trinajstić information content (AvgIpc) is 3.28. The van der Waals surface area contributed by atoms with Crippen molar-refractivity contribution >= 4 is 29.7 Å². The molecule has 0 saturated heterocycles. The molecule has 1 fully saturated rings. The molecule has 1 aromatic heterocycles. The van der Waals surface area contributed by atoms with Gasteiger partial charge in [0.05, 0.1) is 7.11 Å². The van der Waals surface area contributed by atoms with Gasteiger partial charge in [-0.25, -0.2) is 4.98 Å². The van der Waals surface area contributed by atoms with Crippen LogP contribution in [0.2, 0.25) is 0 Å². The third-order valence-electron chi connectivity index (χ3n) is 3.71. The van der Waals surface area contributed by atoms with E-state index in [4.69, 9.17) is 10.5 Å². The van der Waals surface area contributed by atoms with Crippen LogP contribution in [0.1, 0.15) is 33.9 Å². The van der Waals surface area contributed by atoms with Crippen molar-refractivity contribution in [2.75, 3.05) is 7.11 Å². The first-order chi connectivity index (χ1) is 10.7. The number of hydrogen-bond acceptors (Lipinski definition) is 5. The van der Waals surface area contributed by atoms with Crippen LogP contribution in [0.15, 0.2) is 29.6 Å². The van der Waals surface area contributed by atoms with Crippen LogP contribution in [-0.2, 0) is 13.1 Å². The second-order valence-corrected chi connectivity index (χ2v) is 6.29. The molecule has 1 aliphatic rings. The normalized spacial score (nSPS) is 13.3. The number of nitrogens with two attached hydrogens (primary N) is 1. The summed E-state index contributed by atoms with van der Waals surface area (Å²) in [5.74, 6) is 0.814. The van der Waals surface area contributed by atoms with Gasteiger partial charge in [-0.3, -0.25) is 4.79 Å². The van der Waals surface area contributed by atoms with Gasteiger partial charge in [-0.15, -0.1) is 23.7 Å². The Hall–Kier alpha value is -1.63. The SMILES string of the molecule is COc1ccc(CN(C(=O)c2csc(CN)n2)C2CC2)cc1.Cl. The van der Waals surface area contributed by atoms with Gasteiger partial charge in [-0.1, -0.05) is 12.1 Å². The van der Waals surface area contributed by atoms with Crippen molar-refractivity contribution < 1.29 is 9.53 Å². The van der Waals surface area contributed by atoms with Crippen LogP contribution < -0.4 is 10.5 Å². The number of aromatic nitrogens is 1. The Labute approximate surface area is 145 Å². The van der Waals surface area contributed by atoms with E-state index >= 15 is 0 Å². The van der Waals surface area contributed by atoms with E-state index in [1.54, 1.807) is 12.5 Å². The molecule has 2 aromatic rings. The van der Waals surface area contributed by atoms with Crippen molar-refractivity contribution in [3.63, 3.8) is 0 Å². The number of carbonyl (C=O) groups is 1. The number of thiazole rings is 1. The molecule has 0 spiro atoms. The average molecular weight is 354 g/mol. The number of methoxy groups -OCH3 is 1. The number of nitrogens with zero attached hydrogens (tertiary/aromatic N) is 2. The van der Waals surface area contributed by atoms with Gasteiger partial charge in [0.25, 0.3) is 5.91 Å². The Morgan fingerprint density at radius 2 is 2.09 bits per heavy atom. The molecule has 1 saturated carbocycles. The van der Waals surface area contributed by atoms with Crippen molar-refractivity contribution in [3.05, 3.63) is 45.9 Å². The molecule has 124 valence electrons. The molecule has 7 heteroatoms. The highest BCUT2D eigenvalue weighted by Gasteiger charge is 2.33. The number of hydrogen-bond donors (Lipinski definition) is 1. The summed E-state index contributed by atoms with van der Waals surface area (Å²) >= 11 is 1.44. The summed E-state index contributed by atoms with van der Waals surface area (Å²) in [5.41, 5.74) is 7.17. The van der Waals surface area contributed by atoms with Crippen LogP contribution in [-0.4, -0.2) is 28.9 Å². The van der Waals surface area contributed by atoms with Crippen molar-refractivity contribution in [2.45, 2.75) is 32.0 Å². The predicted molar refractivity (Wildman–Crippen MR) is 93.1 cm³/mol. The first kappa shape index (κ1) is 17.7. The van der Waals surface area contributed by atoms with E-state index in [2.05, 4.69) is 4.98 Å². The summed E-state index contributed by atoms with van der Waals surface area (Å²) in [6.45, 7) is 0.975. The summed E-state index contributed by atoms with van der Waals surface area (Å²) in [4.78, 5) is 18.9. The maximum absolute atomic E-state index is 12.7. The molecular weight excluding hydrogens is 334 g/mol. The molecule has 1 amide bonds. The summed E-state index contributed by atoms with van der Waals surface area (Å²) in [5, 5.41) is 2.59. The van der Waals surface area contributed by atoms with Crippen LogP contribution >= 0.6 is 23.7 Å². The molecule has 3 rings (SSSR count). The number of carbonyl (C=O) groups excluding carboxylic acids is 1. The van der Waals surface area contributed by atoms with E-state index in [0.29, 0.717) is 24.8 Å². The third-order valence-corrected chi connectivity index (χ3v) is 4.58. The lowest BCUT2D eigenvalue weighted by Crippen LogP contribution is -2.32. The minimum absolute atomic E-state index is 0. The van der Waals surface area contributed by atoms with Crippen LogP contribution in [0, 0.1) is 0 Å². The van der Waals surface area contributed by atoms with Crippen molar-refractivity contribution in [1.82, 2.24) is 9.88 Å². The zero-order valence-electron chi connectivity index (χ0n) is 12.9. The van der Waals surface area contributed by atoms with Crippen molar-refractivity contribution in [1.29, 1.82) is 0 Å². The van der Waals surface area contributed by atoms with E-state index in [1.807, 2.05) is 29.2 Å². The maximum atomic E-state index is 12.7. The maximum Gasteiger partial charge on any atom is 0.273 e. The van der Waals surface area contributed by atoms with Gasteiger partial charge in [-0.2, -0.15) is 0 Å². The molecule has 0 atom stereocenters. The highest BCUT2D eigenvalue weighted by molar-refractivity contribution is 7.09. The van der Waals surface area contributed by atoms with E-state index in [0.717, 1.165) is 29.2 Å². The molecule has 0 radical (unpaired) electrons. The lowest BCUT2D eigenvalue weighted by molar-refractivity contribution is 0.0724. The summed E-state index contributed by atoms with van der Waals surface area (Å²) in [6.07, 6.45) is 2.13. The fourth-order valence-corrected chi connectivity index (χ4v) is 2.98. The lowest BCUT2D eigenvalue weighted by atomic mass is 10.2. The zero-order chi connectivity index (χ0) is 15.5. The molecule has 23 heavy (non-hydrogen) atoms. The number of ether oxygens (including phenoxy) is 1. The topological polar surface area (TPSA) is 68.5 Å². The molecular formula is C16H20ClN3O2S. The van der Waals surface area contributed by atoms with Crippen LogP contribution in [0.4, 0.5) is 0 Å². The van der Waals surface area contributed by atoms with Gasteiger partial charge >= 0.3 is 0 Å². The second-order valence-electron chi connectivity index (χ2n) is 5.34. The Bertz CT molecular complexity index is 656. The van der Waals surface area contributed by atoms with Gasteiger partial charge in [-0.05, 0) is 30.5 Å². The highest BCUT2D eigenvalue weighted by Crippen LogP contribution is 2.30. The van der Waals surface area contributed by atoms with E-state index in [9.17, 15) is 4.79 Å². The molecule has 1 aromatic carbocycles.